The van der Waals surface area contributed by atoms with Crippen molar-refractivity contribution in [2.75, 3.05) is 13.1 Å². The Kier molecular flexibility index (Phi) is 14.6. The maximum Gasteiger partial charge on any atom is 0.321 e. The summed E-state index contributed by atoms with van der Waals surface area (Å²) in [5, 5.41) is 7.97. The van der Waals surface area contributed by atoms with Gasteiger partial charge in [-0.3, -0.25) is 34.7 Å². The van der Waals surface area contributed by atoms with E-state index in [9.17, 15) is 28.8 Å². The van der Waals surface area contributed by atoms with E-state index >= 15 is 0 Å². The fourth-order valence-corrected chi connectivity index (χ4v) is 2.17. The number of carbonyl (C=O) groups excluding carboxylic acids is 6. The molecule has 0 fully saturated rings. The maximum atomic E-state index is 12.2. The quantitative estimate of drug-likeness (QED) is 0.0559. The zero-order valence-corrected chi connectivity index (χ0v) is 18.9. The molecule has 19 heteroatoms. The van der Waals surface area contributed by atoms with Crippen LogP contribution in [0.1, 0.15) is 19.3 Å². The highest BCUT2D eigenvalue weighted by Gasteiger charge is 2.25. The molecule has 0 rings (SSSR count). The van der Waals surface area contributed by atoms with Crippen LogP contribution < -0.4 is 72.3 Å². The second-order valence-corrected chi connectivity index (χ2v) is 7.18. The third-order valence-electron chi connectivity index (χ3n) is 4.19. The van der Waals surface area contributed by atoms with Crippen molar-refractivity contribution in [3.8, 4) is 0 Å². The van der Waals surface area contributed by atoms with Gasteiger partial charge in [0.2, 0.25) is 5.91 Å². The van der Waals surface area contributed by atoms with Gasteiger partial charge in [0.1, 0.15) is 12.2 Å². The SMILES string of the molecule is NCCCCC(N)C(=O)NNC(N)C(=O)NC(CNC(=O)NC(=O)C(N)NC(=O)C(N)N)C(N)=O. The van der Waals surface area contributed by atoms with E-state index in [-0.39, 0.29) is 0 Å². The average Bonchev–Trinajstić information content (AvgIpc) is 2.79. The molecule has 19 nitrogen and oxygen atoms in total. The molecule has 0 radical (unpaired) electrons. The fraction of sp³-hybridized carbons (Fsp3) is 0.625. The Morgan fingerprint density at radius 3 is 1.91 bits per heavy atom. The van der Waals surface area contributed by atoms with Gasteiger partial charge >= 0.3 is 6.03 Å². The lowest BCUT2D eigenvalue weighted by Gasteiger charge is -2.21. The van der Waals surface area contributed by atoms with Gasteiger partial charge in [-0.2, -0.15) is 0 Å². The van der Waals surface area contributed by atoms with Gasteiger partial charge in [-0.15, -0.1) is 0 Å². The third-order valence-corrected chi connectivity index (χ3v) is 4.19. The second kappa shape index (κ2) is 16.2. The number of nitrogens with two attached hydrogens (primary N) is 7. The van der Waals surface area contributed by atoms with Crippen molar-refractivity contribution in [2.24, 2.45) is 40.1 Å². The Hall–Kier alpha value is -3.46. The van der Waals surface area contributed by atoms with Crippen LogP contribution in [0.5, 0.6) is 0 Å². The van der Waals surface area contributed by atoms with Gasteiger partial charge in [-0.05, 0) is 19.4 Å². The zero-order valence-electron chi connectivity index (χ0n) is 18.9. The molecule has 0 aromatic carbocycles. The normalized spacial score (nSPS) is 14.1. The number of imide groups is 1. The Labute approximate surface area is 200 Å². The molecule has 20 N–H and O–H groups in total. The summed E-state index contributed by atoms with van der Waals surface area (Å²) in [5.74, 6) is -4.71. The van der Waals surface area contributed by atoms with Crippen molar-refractivity contribution in [3.63, 3.8) is 0 Å². The molecule has 0 spiro atoms. The molecule has 35 heavy (non-hydrogen) atoms. The van der Waals surface area contributed by atoms with Crippen molar-refractivity contribution in [1.29, 1.82) is 0 Å². The molecule has 0 saturated heterocycles. The molecule has 0 bridgehead atoms. The number of hydrazine groups is 1. The first-order valence-electron chi connectivity index (χ1n) is 10.3. The van der Waals surface area contributed by atoms with Crippen molar-refractivity contribution in [3.05, 3.63) is 0 Å². The lowest BCUT2D eigenvalue weighted by atomic mass is 10.1. The van der Waals surface area contributed by atoms with Crippen LogP contribution in [-0.2, 0) is 24.0 Å². The van der Waals surface area contributed by atoms with E-state index < -0.39 is 72.7 Å². The average molecular weight is 506 g/mol. The molecule has 200 valence electrons. The van der Waals surface area contributed by atoms with Crippen LogP contribution in [-0.4, -0.2) is 79.2 Å². The van der Waals surface area contributed by atoms with Gasteiger partial charge in [0.25, 0.3) is 23.6 Å². The molecule has 0 aromatic heterocycles. The fourth-order valence-electron chi connectivity index (χ4n) is 2.17. The minimum Gasteiger partial charge on any atom is -0.368 e. The second-order valence-electron chi connectivity index (χ2n) is 7.18. The van der Waals surface area contributed by atoms with E-state index in [0.717, 1.165) is 0 Å². The molecule has 0 saturated carbocycles. The highest BCUT2D eigenvalue weighted by molar-refractivity contribution is 5.99. The molecule has 0 aromatic rings. The molecule has 0 aliphatic carbocycles. The molecular weight excluding hydrogens is 470 g/mol. The van der Waals surface area contributed by atoms with E-state index in [1.165, 1.54) is 0 Å². The van der Waals surface area contributed by atoms with E-state index in [1.807, 2.05) is 5.32 Å². The highest BCUT2D eigenvalue weighted by atomic mass is 16.2. The molecular formula is C16H35N13O6. The number of rotatable bonds is 15. The Morgan fingerprint density at radius 1 is 0.743 bits per heavy atom. The van der Waals surface area contributed by atoms with Gasteiger partial charge in [0.15, 0.2) is 12.3 Å². The lowest BCUT2D eigenvalue weighted by Crippen LogP contribution is -2.62. The number of amides is 7. The molecule has 4 atom stereocenters. The number of urea groups is 1. The van der Waals surface area contributed by atoms with Crippen molar-refractivity contribution >= 4 is 35.6 Å². The van der Waals surface area contributed by atoms with E-state index in [4.69, 9.17) is 40.1 Å². The Balaban J connectivity index is 4.59. The van der Waals surface area contributed by atoms with Crippen LogP contribution in [0.3, 0.4) is 0 Å². The molecule has 7 amide bonds. The molecule has 4 unspecified atom stereocenters. The van der Waals surface area contributed by atoms with Crippen LogP contribution >= 0.6 is 0 Å². The summed E-state index contributed by atoms with van der Waals surface area (Å²) in [5.41, 5.74) is 41.8. The summed E-state index contributed by atoms with van der Waals surface area (Å²) >= 11 is 0. The van der Waals surface area contributed by atoms with E-state index in [2.05, 4.69) is 21.5 Å². The summed E-state index contributed by atoms with van der Waals surface area (Å²) in [6, 6.07) is -3.44. The number of hydrogen-bond donors (Lipinski definition) is 13. The monoisotopic (exact) mass is 505 g/mol. The first kappa shape index (κ1) is 31.5. The topological polar surface area (TPSA) is 357 Å². The first-order valence-corrected chi connectivity index (χ1v) is 10.3. The molecule has 0 heterocycles. The highest BCUT2D eigenvalue weighted by Crippen LogP contribution is 1.97. The van der Waals surface area contributed by atoms with Gasteiger partial charge in [0.05, 0.1) is 6.04 Å². The van der Waals surface area contributed by atoms with E-state index in [0.29, 0.717) is 25.8 Å². The predicted octanol–water partition coefficient (Wildman–Crippen LogP) is -8.21. The standard InChI is InChI=1S/C16H35N13O6/c17-4-2-1-3-6(18)12(31)29-28-10(22)15(34)25-7(11(23)30)5-24-16(35)27-14(33)9(21)26-13(32)8(19)20/h6-10,28H,1-5,17-22H2,(H2,23,30)(H,25,34)(H,26,32)(H,29,31)(H2,24,27,33,35). The van der Waals surface area contributed by atoms with Crippen LogP contribution in [0.15, 0.2) is 0 Å². The van der Waals surface area contributed by atoms with Crippen molar-refractivity contribution in [1.82, 2.24) is 32.1 Å². The van der Waals surface area contributed by atoms with Crippen LogP contribution in [0.4, 0.5) is 4.79 Å². The van der Waals surface area contributed by atoms with Crippen LogP contribution in [0, 0.1) is 0 Å². The summed E-state index contributed by atoms with van der Waals surface area (Å²) < 4.78 is 0. The molecule has 0 aliphatic heterocycles. The summed E-state index contributed by atoms with van der Waals surface area (Å²) in [7, 11) is 0. The largest absolute Gasteiger partial charge is 0.368 e. The third kappa shape index (κ3) is 13.1. The zero-order chi connectivity index (χ0) is 27.1. The Morgan fingerprint density at radius 2 is 1.37 bits per heavy atom. The number of carbonyl (C=O) groups is 6. The summed E-state index contributed by atoms with van der Waals surface area (Å²) in [4.78, 5) is 70.5. The number of unbranched alkanes of at least 4 members (excludes halogenated alkanes) is 1. The van der Waals surface area contributed by atoms with Gasteiger partial charge < -0.3 is 56.1 Å². The van der Waals surface area contributed by atoms with Gasteiger partial charge in [0, 0.05) is 6.54 Å². The number of hydrogen-bond acceptors (Lipinski definition) is 13. The first-order chi connectivity index (χ1) is 16.3. The Bertz CT molecular complexity index is 764. The van der Waals surface area contributed by atoms with Gasteiger partial charge in [-0.25, -0.2) is 10.2 Å². The van der Waals surface area contributed by atoms with Crippen molar-refractivity contribution in [2.45, 2.75) is 49.8 Å². The predicted molar refractivity (Wildman–Crippen MR) is 121 cm³/mol. The summed E-state index contributed by atoms with van der Waals surface area (Å²) in [6.07, 6.45) is -2.91. The smallest absolute Gasteiger partial charge is 0.321 e. The minimum atomic E-state index is -1.65. The number of primary amides is 1. The molecule has 0 aliphatic rings. The minimum absolute atomic E-state index is 0.365. The van der Waals surface area contributed by atoms with Gasteiger partial charge in [-0.1, -0.05) is 6.42 Å². The summed E-state index contributed by atoms with van der Waals surface area (Å²) in [6.45, 7) is -0.0955. The lowest BCUT2D eigenvalue weighted by molar-refractivity contribution is -0.129. The van der Waals surface area contributed by atoms with E-state index in [1.54, 1.807) is 5.32 Å². The van der Waals surface area contributed by atoms with Crippen molar-refractivity contribution < 1.29 is 28.8 Å². The number of nitrogens with one attached hydrogen (secondary N) is 6. The van der Waals surface area contributed by atoms with Crippen LogP contribution in [0.25, 0.3) is 0 Å². The maximum absolute atomic E-state index is 12.2. The van der Waals surface area contributed by atoms with Crippen LogP contribution in [0.2, 0.25) is 0 Å².